The van der Waals surface area contributed by atoms with Gasteiger partial charge in [0.25, 0.3) is 0 Å². The topological polar surface area (TPSA) is 32.3 Å². The molecule has 0 radical (unpaired) electrons. The van der Waals surface area contributed by atoms with Gasteiger partial charge in [0.1, 0.15) is 5.82 Å². The zero-order valence-electron chi connectivity index (χ0n) is 7.93. The van der Waals surface area contributed by atoms with Crippen molar-refractivity contribution in [3.05, 3.63) is 34.6 Å². The molecule has 0 saturated carbocycles. The minimum Gasteiger partial charge on any atom is -0.395 e. The van der Waals surface area contributed by atoms with Crippen molar-refractivity contribution >= 4 is 11.6 Å². The van der Waals surface area contributed by atoms with Gasteiger partial charge in [-0.1, -0.05) is 17.7 Å². The van der Waals surface area contributed by atoms with Gasteiger partial charge in [0.15, 0.2) is 0 Å². The van der Waals surface area contributed by atoms with Crippen LogP contribution in [0.5, 0.6) is 0 Å². The minimum absolute atomic E-state index is 0.0103. The van der Waals surface area contributed by atoms with E-state index in [9.17, 15) is 4.39 Å². The molecule has 0 aliphatic heterocycles. The third-order valence-corrected chi connectivity index (χ3v) is 2.28. The second-order valence-electron chi connectivity index (χ2n) is 3.20. The molecule has 0 aliphatic carbocycles. The van der Waals surface area contributed by atoms with Crippen LogP contribution in [0.3, 0.4) is 0 Å². The van der Waals surface area contributed by atoms with E-state index in [1.54, 1.807) is 6.07 Å². The Labute approximate surface area is 87.7 Å². The Morgan fingerprint density at radius 1 is 1.57 bits per heavy atom. The van der Waals surface area contributed by atoms with Crippen LogP contribution in [0.2, 0.25) is 5.02 Å². The number of nitrogens with one attached hydrogen (secondary N) is 1. The number of rotatable bonds is 4. The first-order valence-corrected chi connectivity index (χ1v) is 4.79. The summed E-state index contributed by atoms with van der Waals surface area (Å²) in [4.78, 5) is 0. The molecule has 0 bridgehead atoms. The quantitative estimate of drug-likeness (QED) is 0.808. The summed E-state index contributed by atoms with van der Waals surface area (Å²) in [6.07, 6.45) is 0. The Morgan fingerprint density at radius 2 is 2.29 bits per heavy atom. The van der Waals surface area contributed by atoms with E-state index < -0.39 is 0 Å². The fourth-order valence-electron chi connectivity index (χ4n) is 1.01. The average molecular weight is 218 g/mol. The molecule has 0 spiro atoms. The Balaban J connectivity index is 2.59. The predicted molar refractivity (Wildman–Crippen MR) is 54.8 cm³/mol. The molecule has 2 N–H and O–H groups in total. The number of hydrogen-bond donors (Lipinski definition) is 2. The summed E-state index contributed by atoms with van der Waals surface area (Å²) in [7, 11) is 0. The first-order chi connectivity index (χ1) is 6.63. The molecule has 14 heavy (non-hydrogen) atoms. The molecule has 0 saturated heterocycles. The predicted octanol–water partition coefficient (Wildman–Crippen LogP) is 1.95. The van der Waals surface area contributed by atoms with E-state index in [2.05, 4.69) is 5.32 Å². The summed E-state index contributed by atoms with van der Waals surface area (Å²) < 4.78 is 12.7. The van der Waals surface area contributed by atoms with Crippen molar-refractivity contribution in [2.24, 2.45) is 0 Å². The molecule has 0 heterocycles. The van der Waals surface area contributed by atoms with Crippen LogP contribution in [-0.2, 0) is 6.54 Å². The SMILES string of the molecule is CC(CO)NCc1ccc(F)cc1Cl. The Morgan fingerprint density at radius 3 is 2.86 bits per heavy atom. The van der Waals surface area contributed by atoms with Crippen LogP contribution in [0.25, 0.3) is 0 Å². The lowest BCUT2D eigenvalue weighted by atomic mass is 10.2. The van der Waals surface area contributed by atoms with Crippen LogP contribution >= 0.6 is 11.6 Å². The molecule has 0 amide bonds. The summed E-state index contributed by atoms with van der Waals surface area (Å²) in [5, 5.41) is 12.2. The summed E-state index contributed by atoms with van der Waals surface area (Å²) >= 11 is 5.81. The fourth-order valence-corrected chi connectivity index (χ4v) is 1.25. The van der Waals surface area contributed by atoms with E-state index in [-0.39, 0.29) is 18.5 Å². The van der Waals surface area contributed by atoms with Crippen molar-refractivity contribution in [1.82, 2.24) is 5.32 Å². The molecule has 78 valence electrons. The largest absolute Gasteiger partial charge is 0.395 e. The van der Waals surface area contributed by atoms with Crippen molar-refractivity contribution in [3.63, 3.8) is 0 Å². The van der Waals surface area contributed by atoms with E-state index in [1.807, 2.05) is 6.92 Å². The molecule has 1 unspecified atom stereocenters. The van der Waals surface area contributed by atoms with Gasteiger partial charge in [-0.05, 0) is 24.6 Å². The number of hydrogen-bond acceptors (Lipinski definition) is 2. The van der Waals surface area contributed by atoms with Crippen molar-refractivity contribution < 1.29 is 9.50 Å². The second-order valence-corrected chi connectivity index (χ2v) is 3.61. The summed E-state index contributed by atoms with van der Waals surface area (Å²) in [6, 6.07) is 4.29. The van der Waals surface area contributed by atoms with Gasteiger partial charge in [-0.15, -0.1) is 0 Å². The molecule has 0 aliphatic rings. The van der Waals surface area contributed by atoms with Crippen LogP contribution in [0.4, 0.5) is 4.39 Å². The molecule has 4 heteroatoms. The lowest BCUT2D eigenvalue weighted by Crippen LogP contribution is -2.28. The highest BCUT2D eigenvalue weighted by Gasteiger charge is 2.03. The van der Waals surface area contributed by atoms with Gasteiger partial charge in [0.05, 0.1) is 6.61 Å². The lowest BCUT2D eigenvalue weighted by molar-refractivity contribution is 0.251. The van der Waals surface area contributed by atoms with Crippen LogP contribution in [0.15, 0.2) is 18.2 Å². The van der Waals surface area contributed by atoms with E-state index in [0.717, 1.165) is 5.56 Å². The number of aliphatic hydroxyl groups is 1. The van der Waals surface area contributed by atoms with E-state index in [4.69, 9.17) is 16.7 Å². The Kier molecular flexibility index (Phi) is 4.32. The van der Waals surface area contributed by atoms with Crippen molar-refractivity contribution in [3.8, 4) is 0 Å². The number of benzene rings is 1. The molecule has 1 aromatic rings. The van der Waals surface area contributed by atoms with Gasteiger partial charge in [-0.3, -0.25) is 0 Å². The zero-order chi connectivity index (χ0) is 10.6. The minimum atomic E-state index is -0.339. The van der Waals surface area contributed by atoms with Gasteiger partial charge >= 0.3 is 0 Å². The highest BCUT2D eigenvalue weighted by atomic mass is 35.5. The van der Waals surface area contributed by atoms with E-state index in [1.165, 1.54) is 12.1 Å². The summed E-state index contributed by atoms with van der Waals surface area (Å²) in [5.74, 6) is -0.339. The molecule has 1 atom stereocenters. The maximum atomic E-state index is 12.7. The highest BCUT2D eigenvalue weighted by Crippen LogP contribution is 2.16. The zero-order valence-corrected chi connectivity index (χ0v) is 8.68. The van der Waals surface area contributed by atoms with Gasteiger partial charge in [0.2, 0.25) is 0 Å². The van der Waals surface area contributed by atoms with Crippen LogP contribution < -0.4 is 5.32 Å². The summed E-state index contributed by atoms with van der Waals surface area (Å²) in [6.45, 7) is 2.46. The average Bonchev–Trinajstić information content (AvgIpc) is 2.16. The normalized spacial score (nSPS) is 12.9. The highest BCUT2D eigenvalue weighted by molar-refractivity contribution is 6.31. The molecule has 0 aromatic heterocycles. The van der Waals surface area contributed by atoms with Crippen molar-refractivity contribution in [2.75, 3.05) is 6.61 Å². The van der Waals surface area contributed by atoms with Crippen LogP contribution in [0, 0.1) is 5.82 Å². The lowest BCUT2D eigenvalue weighted by Gasteiger charge is -2.11. The van der Waals surface area contributed by atoms with Crippen molar-refractivity contribution in [2.45, 2.75) is 19.5 Å². The maximum Gasteiger partial charge on any atom is 0.124 e. The third-order valence-electron chi connectivity index (χ3n) is 1.93. The van der Waals surface area contributed by atoms with Gasteiger partial charge in [-0.25, -0.2) is 4.39 Å². The smallest absolute Gasteiger partial charge is 0.124 e. The Hall–Kier alpha value is -0.640. The van der Waals surface area contributed by atoms with Crippen molar-refractivity contribution in [1.29, 1.82) is 0 Å². The van der Waals surface area contributed by atoms with Crippen LogP contribution in [-0.4, -0.2) is 17.8 Å². The number of aliphatic hydroxyl groups excluding tert-OH is 1. The van der Waals surface area contributed by atoms with Gasteiger partial charge < -0.3 is 10.4 Å². The molecule has 1 rings (SSSR count). The van der Waals surface area contributed by atoms with E-state index >= 15 is 0 Å². The maximum absolute atomic E-state index is 12.7. The Bertz CT molecular complexity index is 306. The molecule has 0 fully saturated rings. The fraction of sp³-hybridized carbons (Fsp3) is 0.400. The molecule has 2 nitrogen and oxygen atoms in total. The third kappa shape index (κ3) is 3.25. The van der Waals surface area contributed by atoms with Crippen LogP contribution in [0.1, 0.15) is 12.5 Å². The molecule has 1 aromatic carbocycles. The van der Waals surface area contributed by atoms with E-state index in [0.29, 0.717) is 11.6 Å². The monoisotopic (exact) mass is 217 g/mol. The number of halogens is 2. The van der Waals surface area contributed by atoms with Gasteiger partial charge in [-0.2, -0.15) is 0 Å². The first kappa shape index (κ1) is 11.4. The first-order valence-electron chi connectivity index (χ1n) is 4.41. The second kappa shape index (κ2) is 5.29. The standard InChI is InChI=1S/C10H13ClFNO/c1-7(6-14)13-5-8-2-3-9(12)4-10(8)11/h2-4,7,13-14H,5-6H2,1H3. The molecular weight excluding hydrogens is 205 g/mol. The van der Waals surface area contributed by atoms with Gasteiger partial charge in [0, 0.05) is 17.6 Å². The molecular formula is C10H13ClFNO. The summed E-state index contributed by atoms with van der Waals surface area (Å²) in [5.41, 5.74) is 0.827.